The summed E-state index contributed by atoms with van der Waals surface area (Å²) in [7, 11) is 0. The third kappa shape index (κ3) is 5.17. The molecule has 1 amide bonds. The van der Waals surface area contributed by atoms with Crippen LogP contribution in [0.5, 0.6) is 11.6 Å². The molecule has 1 saturated carbocycles. The summed E-state index contributed by atoms with van der Waals surface area (Å²) in [4.78, 5) is 14.8. The highest BCUT2D eigenvalue weighted by molar-refractivity contribution is 9.10. The zero-order valence-electron chi connectivity index (χ0n) is 20.7. The minimum atomic E-state index is -0.552. The number of carbonyl (C=O) groups excluding carboxylic acids is 1. The van der Waals surface area contributed by atoms with E-state index in [4.69, 9.17) is 16.3 Å². The Morgan fingerprint density at radius 2 is 1.94 bits per heavy atom. The number of nitrogens with zero attached hydrogens (tertiary/aromatic N) is 4. The largest absolute Gasteiger partial charge is 0.493 e. The van der Waals surface area contributed by atoms with Crippen molar-refractivity contribution in [2.45, 2.75) is 52.7 Å². The minimum absolute atomic E-state index is 0.00382. The maximum absolute atomic E-state index is 12.4. The second-order valence-electron chi connectivity index (χ2n) is 11.2. The van der Waals surface area contributed by atoms with Crippen LogP contribution in [0.25, 0.3) is 10.9 Å². The second-order valence-corrected chi connectivity index (χ2v) is 12.6. The zero-order chi connectivity index (χ0) is 25.7. The molecule has 9 heteroatoms. The van der Waals surface area contributed by atoms with Crippen molar-refractivity contribution in [2.75, 3.05) is 13.2 Å². The highest BCUT2D eigenvalue weighted by Gasteiger charge is 2.49. The molecule has 2 aromatic carbocycles. The van der Waals surface area contributed by atoms with E-state index in [9.17, 15) is 9.90 Å². The van der Waals surface area contributed by atoms with Gasteiger partial charge < -0.3 is 9.84 Å². The molecular weight excluding hydrogens is 544 g/mol. The monoisotopic (exact) mass is 572 g/mol. The first kappa shape index (κ1) is 25.2. The maximum atomic E-state index is 12.4. The van der Waals surface area contributed by atoms with Crippen LogP contribution in [0.3, 0.4) is 0 Å². The molecule has 1 N–H and O–H groups in total. The topological polar surface area (TPSA) is 79.4 Å². The van der Waals surface area contributed by atoms with Crippen molar-refractivity contribution in [3.05, 3.63) is 52.0 Å². The summed E-state index contributed by atoms with van der Waals surface area (Å²) >= 11 is 9.39. The third-order valence-electron chi connectivity index (χ3n) is 7.26. The fourth-order valence-electron chi connectivity index (χ4n) is 6.27. The fraction of sp³-hybridized carbons (Fsp3) is 0.444. The maximum Gasteiger partial charge on any atom is 0.302 e. The van der Waals surface area contributed by atoms with E-state index in [0.29, 0.717) is 28.9 Å². The number of amides is 1. The van der Waals surface area contributed by atoms with Gasteiger partial charge >= 0.3 is 5.91 Å². The Bertz CT molecular complexity index is 1340. The molecule has 1 saturated heterocycles. The molecular formula is C27H30BrClN4O3. The van der Waals surface area contributed by atoms with Gasteiger partial charge in [0.15, 0.2) is 12.3 Å². The quantitative estimate of drug-likeness (QED) is 0.314. The summed E-state index contributed by atoms with van der Waals surface area (Å²) in [6.07, 6.45) is 3.53. The first-order chi connectivity index (χ1) is 17.0. The van der Waals surface area contributed by atoms with Crippen molar-refractivity contribution in [3.63, 3.8) is 0 Å². The van der Waals surface area contributed by atoms with E-state index in [-0.39, 0.29) is 23.6 Å². The SMILES string of the molecule is CC1(C)CC2CC(C)(CN2Cn2c(O)c(N=NC(=O)COc3ccc(Cl)cc3)c3cc(Br)ccc32)C1. The highest BCUT2D eigenvalue weighted by atomic mass is 79.9. The van der Waals surface area contributed by atoms with E-state index in [1.54, 1.807) is 24.3 Å². The molecule has 2 heterocycles. The van der Waals surface area contributed by atoms with Crippen molar-refractivity contribution in [3.8, 4) is 11.6 Å². The van der Waals surface area contributed by atoms with Crippen molar-refractivity contribution >= 4 is 50.0 Å². The van der Waals surface area contributed by atoms with Crippen LogP contribution in [0.15, 0.2) is 57.2 Å². The molecule has 3 aromatic rings. The number of likely N-dealkylation sites (tertiary alicyclic amines) is 1. The van der Waals surface area contributed by atoms with Crippen LogP contribution in [0.2, 0.25) is 5.02 Å². The highest BCUT2D eigenvalue weighted by Crippen LogP contribution is 2.53. The number of aromatic hydroxyl groups is 1. The molecule has 1 aliphatic heterocycles. The molecule has 1 aliphatic carbocycles. The lowest BCUT2D eigenvalue weighted by molar-refractivity contribution is -0.120. The summed E-state index contributed by atoms with van der Waals surface area (Å²) in [6, 6.07) is 13.0. The first-order valence-electron chi connectivity index (χ1n) is 12.1. The molecule has 2 fully saturated rings. The van der Waals surface area contributed by atoms with Crippen LogP contribution in [0, 0.1) is 10.8 Å². The predicted molar refractivity (Wildman–Crippen MR) is 144 cm³/mol. The molecule has 7 nitrogen and oxygen atoms in total. The Balaban J connectivity index is 1.38. The summed E-state index contributed by atoms with van der Waals surface area (Å²) in [6.45, 7) is 8.37. The molecule has 190 valence electrons. The van der Waals surface area contributed by atoms with Crippen LogP contribution in [0.1, 0.15) is 40.0 Å². The second kappa shape index (κ2) is 9.47. The number of hydrogen-bond acceptors (Lipinski definition) is 5. The Kier molecular flexibility index (Phi) is 6.64. The van der Waals surface area contributed by atoms with Gasteiger partial charge in [-0.2, -0.15) is 0 Å². The van der Waals surface area contributed by atoms with Crippen molar-refractivity contribution in [2.24, 2.45) is 21.1 Å². The number of carbonyl (C=O) groups is 1. The number of rotatable bonds is 6. The van der Waals surface area contributed by atoms with Gasteiger partial charge in [-0.25, -0.2) is 0 Å². The lowest BCUT2D eigenvalue weighted by atomic mass is 9.65. The van der Waals surface area contributed by atoms with Gasteiger partial charge in [0.25, 0.3) is 0 Å². The summed E-state index contributed by atoms with van der Waals surface area (Å²) < 4.78 is 8.20. The average Bonchev–Trinajstić information content (AvgIpc) is 3.19. The molecule has 2 aliphatic rings. The van der Waals surface area contributed by atoms with Crippen molar-refractivity contribution in [1.82, 2.24) is 9.47 Å². The predicted octanol–water partition coefficient (Wildman–Crippen LogP) is 7.31. The van der Waals surface area contributed by atoms with Gasteiger partial charge in [-0.05, 0) is 72.6 Å². The van der Waals surface area contributed by atoms with Gasteiger partial charge in [-0.15, -0.1) is 10.2 Å². The van der Waals surface area contributed by atoms with Gasteiger partial charge in [0.05, 0.1) is 12.2 Å². The zero-order valence-corrected chi connectivity index (χ0v) is 23.0. The standard InChI is InChI=1S/C27H30BrClN4O3/c1-26(2)11-19-12-27(3,14-26)15-32(19)16-33-22-9-4-17(28)10-21(22)24(25(33)35)31-30-23(34)13-36-20-7-5-18(29)6-8-20/h4-10,19,35H,11-16H2,1-3H3. The van der Waals surface area contributed by atoms with Gasteiger partial charge in [-0.1, -0.05) is 48.3 Å². The summed E-state index contributed by atoms with van der Waals surface area (Å²) in [5.74, 6) is -0.0353. The van der Waals surface area contributed by atoms with E-state index in [1.165, 1.54) is 12.8 Å². The summed E-state index contributed by atoms with van der Waals surface area (Å²) in [5, 5.41) is 20.5. The molecule has 2 unspecified atom stereocenters. The molecule has 2 bridgehead atoms. The third-order valence-corrected chi connectivity index (χ3v) is 8.00. The van der Waals surface area contributed by atoms with E-state index >= 15 is 0 Å². The number of hydrogen-bond donors (Lipinski definition) is 1. The van der Waals surface area contributed by atoms with Crippen molar-refractivity contribution < 1.29 is 14.6 Å². The van der Waals surface area contributed by atoms with Gasteiger partial charge in [0.1, 0.15) is 5.75 Å². The Hall–Kier alpha value is -2.42. The molecule has 2 atom stereocenters. The Morgan fingerprint density at radius 3 is 2.69 bits per heavy atom. The van der Waals surface area contributed by atoms with E-state index in [2.05, 4.69) is 51.8 Å². The lowest BCUT2D eigenvalue weighted by Crippen LogP contribution is -2.35. The first-order valence-corrected chi connectivity index (χ1v) is 13.3. The number of aromatic nitrogens is 1. The lowest BCUT2D eigenvalue weighted by Gasteiger charge is -2.40. The van der Waals surface area contributed by atoms with Crippen LogP contribution in [-0.2, 0) is 11.5 Å². The summed E-state index contributed by atoms with van der Waals surface area (Å²) in [5.41, 5.74) is 1.72. The number of azo groups is 1. The van der Waals surface area contributed by atoms with Crippen LogP contribution in [0.4, 0.5) is 5.69 Å². The van der Waals surface area contributed by atoms with Crippen molar-refractivity contribution in [1.29, 1.82) is 0 Å². The molecule has 0 radical (unpaired) electrons. The molecule has 1 aromatic heterocycles. The molecule has 36 heavy (non-hydrogen) atoms. The number of fused-ring (bicyclic) bond motifs is 3. The average molecular weight is 574 g/mol. The number of benzene rings is 2. The Labute approximate surface area is 224 Å². The van der Waals surface area contributed by atoms with Gasteiger partial charge in [-0.3, -0.25) is 14.3 Å². The number of ether oxygens (including phenoxy) is 1. The van der Waals surface area contributed by atoms with E-state index < -0.39 is 5.91 Å². The fourth-order valence-corrected chi connectivity index (χ4v) is 6.76. The van der Waals surface area contributed by atoms with E-state index in [1.807, 2.05) is 22.8 Å². The van der Waals surface area contributed by atoms with Gasteiger partial charge in [0.2, 0.25) is 5.88 Å². The van der Waals surface area contributed by atoms with E-state index in [0.717, 1.165) is 28.3 Å². The smallest absolute Gasteiger partial charge is 0.302 e. The minimum Gasteiger partial charge on any atom is -0.493 e. The normalized spacial score (nSPS) is 23.5. The van der Waals surface area contributed by atoms with Crippen LogP contribution in [-0.4, -0.2) is 39.7 Å². The number of halogens is 2. The van der Waals surface area contributed by atoms with Crippen LogP contribution < -0.4 is 4.74 Å². The van der Waals surface area contributed by atoms with Gasteiger partial charge in [0, 0.05) is 27.5 Å². The van der Waals surface area contributed by atoms with Crippen LogP contribution >= 0.6 is 27.5 Å². The Morgan fingerprint density at radius 1 is 1.19 bits per heavy atom. The molecule has 5 rings (SSSR count). The molecule has 0 spiro atoms.